The van der Waals surface area contributed by atoms with E-state index in [1.165, 1.54) is 48.8 Å². The molecule has 8 heteroatoms. The number of amides is 3. The SMILES string of the molecule is O=C(NNC1CC(=O)N(c2ccc(F)cc2)C1=O)c1ccncc1. The quantitative estimate of drug-likeness (QED) is 0.639. The van der Waals surface area contributed by atoms with Gasteiger partial charge in [0, 0.05) is 18.0 Å². The molecule has 1 aromatic carbocycles. The van der Waals surface area contributed by atoms with E-state index in [0.717, 1.165) is 4.90 Å². The van der Waals surface area contributed by atoms with Gasteiger partial charge in [0.1, 0.15) is 11.9 Å². The summed E-state index contributed by atoms with van der Waals surface area (Å²) in [4.78, 5) is 41.1. The van der Waals surface area contributed by atoms with Crippen molar-refractivity contribution in [2.45, 2.75) is 12.5 Å². The fourth-order valence-electron chi connectivity index (χ4n) is 2.33. The van der Waals surface area contributed by atoms with Crippen LogP contribution in [0.15, 0.2) is 48.8 Å². The Bertz CT molecular complexity index is 780. The van der Waals surface area contributed by atoms with Gasteiger partial charge in [0.2, 0.25) is 5.91 Å². The van der Waals surface area contributed by atoms with Crippen molar-refractivity contribution in [3.8, 4) is 0 Å². The predicted octanol–water partition coefficient (Wildman–Crippen LogP) is 0.787. The van der Waals surface area contributed by atoms with E-state index in [1.54, 1.807) is 0 Å². The van der Waals surface area contributed by atoms with Crippen molar-refractivity contribution in [1.82, 2.24) is 15.8 Å². The Morgan fingerprint density at radius 1 is 1.12 bits per heavy atom. The van der Waals surface area contributed by atoms with Crippen molar-refractivity contribution in [3.63, 3.8) is 0 Å². The predicted molar refractivity (Wildman–Crippen MR) is 82.1 cm³/mol. The van der Waals surface area contributed by atoms with Gasteiger partial charge in [-0.3, -0.25) is 24.8 Å². The summed E-state index contributed by atoms with van der Waals surface area (Å²) in [7, 11) is 0. The largest absolute Gasteiger partial charge is 0.287 e. The van der Waals surface area contributed by atoms with E-state index in [0.29, 0.717) is 5.56 Å². The summed E-state index contributed by atoms with van der Waals surface area (Å²) >= 11 is 0. The first-order valence-corrected chi connectivity index (χ1v) is 7.14. The average molecular weight is 328 g/mol. The molecule has 2 N–H and O–H groups in total. The summed E-state index contributed by atoms with van der Waals surface area (Å²) in [6, 6.07) is 7.19. The zero-order chi connectivity index (χ0) is 17.1. The third-order valence-corrected chi connectivity index (χ3v) is 3.53. The van der Waals surface area contributed by atoms with Gasteiger partial charge in [-0.05, 0) is 36.4 Å². The smallest absolute Gasteiger partial charge is 0.265 e. The number of pyridine rings is 1. The molecule has 122 valence electrons. The monoisotopic (exact) mass is 328 g/mol. The molecule has 2 aromatic rings. The number of hydrogen-bond donors (Lipinski definition) is 2. The molecule has 3 rings (SSSR count). The summed E-state index contributed by atoms with van der Waals surface area (Å²) < 4.78 is 13.0. The highest BCUT2D eigenvalue weighted by Crippen LogP contribution is 2.22. The molecule has 7 nitrogen and oxygen atoms in total. The van der Waals surface area contributed by atoms with Gasteiger partial charge in [-0.2, -0.15) is 0 Å². The van der Waals surface area contributed by atoms with E-state index >= 15 is 0 Å². The fraction of sp³-hybridized carbons (Fsp3) is 0.125. The Morgan fingerprint density at radius 2 is 1.79 bits per heavy atom. The number of benzene rings is 1. The summed E-state index contributed by atoms with van der Waals surface area (Å²) in [6.45, 7) is 0. The number of anilines is 1. The van der Waals surface area contributed by atoms with Gasteiger partial charge in [0.25, 0.3) is 11.8 Å². The van der Waals surface area contributed by atoms with Crippen LogP contribution in [0, 0.1) is 5.82 Å². The van der Waals surface area contributed by atoms with Crippen molar-refractivity contribution in [2.75, 3.05) is 4.90 Å². The van der Waals surface area contributed by atoms with Crippen LogP contribution in [-0.4, -0.2) is 28.7 Å². The Kier molecular flexibility index (Phi) is 4.30. The number of aromatic nitrogens is 1. The van der Waals surface area contributed by atoms with Crippen molar-refractivity contribution in [1.29, 1.82) is 0 Å². The molecule has 3 amide bonds. The van der Waals surface area contributed by atoms with Crippen molar-refractivity contribution in [2.24, 2.45) is 0 Å². The molecule has 1 saturated heterocycles. The van der Waals surface area contributed by atoms with Crippen LogP contribution < -0.4 is 15.8 Å². The lowest BCUT2D eigenvalue weighted by Gasteiger charge is -2.15. The average Bonchev–Trinajstić information content (AvgIpc) is 2.88. The number of nitrogens with one attached hydrogen (secondary N) is 2. The first-order chi connectivity index (χ1) is 11.6. The van der Waals surface area contributed by atoms with Gasteiger partial charge in [-0.15, -0.1) is 0 Å². The molecule has 0 spiro atoms. The molecule has 0 radical (unpaired) electrons. The molecule has 1 unspecified atom stereocenters. The molecular formula is C16H13FN4O3. The van der Waals surface area contributed by atoms with Gasteiger partial charge in [0.15, 0.2) is 0 Å². The normalized spacial score (nSPS) is 17.2. The zero-order valence-electron chi connectivity index (χ0n) is 12.4. The molecule has 1 atom stereocenters. The molecule has 2 heterocycles. The number of halogens is 1. The van der Waals surface area contributed by atoms with E-state index < -0.39 is 29.6 Å². The third-order valence-electron chi connectivity index (χ3n) is 3.53. The molecule has 0 aliphatic carbocycles. The van der Waals surface area contributed by atoms with Crippen LogP contribution >= 0.6 is 0 Å². The van der Waals surface area contributed by atoms with Crippen LogP contribution in [0.5, 0.6) is 0 Å². The van der Waals surface area contributed by atoms with Gasteiger partial charge in [0.05, 0.1) is 12.1 Å². The Labute approximate surface area is 136 Å². The lowest BCUT2D eigenvalue weighted by Crippen LogP contribution is -2.48. The maximum Gasteiger partial charge on any atom is 0.265 e. The van der Waals surface area contributed by atoms with E-state index in [2.05, 4.69) is 15.8 Å². The highest BCUT2D eigenvalue weighted by Gasteiger charge is 2.39. The van der Waals surface area contributed by atoms with Gasteiger partial charge >= 0.3 is 0 Å². The number of carbonyl (C=O) groups excluding carboxylic acids is 3. The summed E-state index contributed by atoms with van der Waals surface area (Å²) in [5.74, 6) is -1.85. The standard InChI is InChI=1S/C16H13FN4O3/c17-11-1-3-12(4-2-11)21-14(22)9-13(16(21)24)19-20-15(23)10-5-7-18-8-6-10/h1-8,13,19H,9H2,(H,20,23). The molecule has 1 aromatic heterocycles. The Balaban J connectivity index is 1.66. The number of carbonyl (C=O) groups is 3. The number of hydrogen-bond acceptors (Lipinski definition) is 5. The van der Waals surface area contributed by atoms with E-state index in [1.807, 2.05) is 0 Å². The van der Waals surface area contributed by atoms with E-state index in [4.69, 9.17) is 0 Å². The second-order valence-corrected chi connectivity index (χ2v) is 5.13. The van der Waals surface area contributed by atoms with Gasteiger partial charge in [-0.1, -0.05) is 0 Å². The molecule has 0 saturated carbocycles. The lowest BCUT2D eigenvalue weighted by atomic mass is 10.2. The first-order valence-electron chi connectivity index (χ1n) is 7.14. The minimum Gasteiger partial charge on any atom is -0.287 e. The van der Waals surface area contributed by atoms with Crippen LogP contribution in [0.2, 0.25) is 0 Å². The minimum absolute atomic E-state index is 0.104. The second kappa shape index (κ2) is 6.55. The highest BCUT2D eigenvalue weighted by atomic mass is 19.1. The van der Waals surface area contributed by atoms with Crippen LogP contribution in [-0.2, 0) is 9.59 Å². The minimum atomic E-state index is -0.881. The number of imide groups is 1. The Morgan fingerprint density at radius 3 is 2.46 bits per heavy atom. The molecule has 0 bridgehead atoms. The second-order valence-electron chi connectivity index (χ2n) is 5.13. The maximum absolute atomic E-state index is 13.0. The zero-order valence-corrected chi connectivity index (χ0v) is 12.4. The fourth-order valence-corrected chi connectivity index (χ4v) is 2.33. The molecular weight excluding hydrogens is 315 g/mol. The Hall–Kier alpha value is -3.13. The molecule has 24 heavy (non-hydrogen) atoms. The van der Waals surface area contributed by atoms with Crippen LogP contribution in [0.3, 0.4) is 0 Å². The summed E-state index contributed by atoms with van der Waals surface area (Å²) in [5, 5.41) is 0. The topological polar surface area (TPSA) is 91.4 Å². The molecule has 1 aliphatic rings. The van der Waals surface area contributed by atoms with Gasteiger partial charge in [-0.25, -0.2) is 14.7 Å². The van der Waals surface area contributed by atoms with Crippen molar-refractivity contribution < 1.29 is 18.8 Å². The number of hydrazine groups is 1. The van der Waals surface area contributed by atoms with Crippen LogP contribution in [0.4, 0.5) is 10.1 Å². The van der Waals surface area contributed by atoms with Crippen molar-refractivity contribution in [3.05, 3.63) is 60.2 Å². The lowest BCUT2D eigenvalue weighted by molar-refractivity contribution is -0.121. The molecule has 1 aliphatic heterocycles. The summed E-state index contributed by atoms with van der Waals surface area (Å²) in [6.07, 6.45) is 2.83. The first kappa shape index (κ1) is 15.8. The van der Waals surface area contributed by atoms with E-state index in [-0.39, 0.29) is 12.1 Å². The molecule has 1 fully saturated rings. The number of nitrogens with zero attached hydrogens (tertiary/aromatic N) is 2. The highest BCUT2D eigenvalue weighted by molar-refractivity contribution is 6.22. The van der Waals surface area contributed by atoms with E-state index in [9.17, 15) is 18.8 Å². The van der Waals surface area contributed by atoms with Crippen LogP contribution in [0.25, 0.3) is 0 Å². The maximum atomic E-state index is 13.0. The van der Waals surface area contributed by atoms with Crippen molar-refractivity contribution >= 4 is 23.4 Å². The third kappa shape index (κ3) is 3.13. The van der Waals surface area contributed by atoms with Crippen LogP contribution in [0.1, 0.15) is 16.8 Å². The van der Waals surface area contributed by atoms with Gasteiger partial charge < -0.3 is 0 Å². The summed E-state index contributed by atoms with van der Waals surface area (Å²) in [5.41, 5.74) is 5.62. The number of rotatable bonds is 4.